The zero-order chi connectivity index (χ0) is 24.2. The van der Waals surface area contributed by atoms with Crippen molar-refractivity contribution in [2.75, 3.05) is 31.9 Å². The summed E-state index contributed by atoms with van der Waals surface area (Å²) < 4.78 is 12.8. The van der Waals surface area contributed by atoms with Crippen molar-refractivity contribution in [3.05, 3.63) is 52.9 Å². The summed E-state index contributed by atoms with van der Waals surface area (Å²) in [5.41, 5.74) is 9.27. The largest absolute Gasteiger partial charge is 0.496 e. The first-order valence-electron chi connectivity index (χ1n) is 10.8. The maximum absolute atomic E-state index is 9.13. The van der Waals surface area contributed by atoms with E-state index in [0.29, 0.717) is 53.4 Å². The van der Waals surface area contributed by atoms with Crippen LogP contribution in [0.3, 0.4) is 0 Å². The fourth-order valence-electron chi connectivity index (χ4n) is 3.93. The Morgan fingerprint density at radius 1 is 1.15 bits per heavy atom. The second-order valence-corrected chi connectivity index (χ2v) is 8.06. The molecular formula is C24H27ClN6O3. The lowest BCUT2D eigenvalue weighted by Gasteiger charge is -2.18. The van der Waals surface area contributed by atoms with Crippen LogP contribution in [0.5, 0.6) is 11.5 Å². The molecule has 4 rings (SSSR count). The normalized spacial score (nSPS) is 11.1. The summed E-state index contributed by atoms with van der Waals surface area (Å²) in [4.78, 5) is 9.19. The number of hydrogen-bond donors (Lipinski definition) is 3. The summed E-state index contributed by atoms with van der Waals surface area (Å²) in [5.74, 6) is 2.23. The third kappa shape index (κ3) is 4.57. The Bertz CT molecular complexity index is 1320. The molecule has 0 atom stereocenters. The topological polar surface area (TPSA) is 120 Å². The van der Waals surface area contributed by atoms with Gasteiger partial charge in [-0.3, -0.25) is 4.68 Å². The average molecular weight is 483 g/mol. The van der Waals surface area contributed by atoms with Crippen LogP contribution in [0, 0.1) is 0 Å². The number of pyridine rings is 2. The molecule has 0 aliphatic rings. The van der Waals surface area contributed by atoms with E-state index in [4.69, 9.17) is 36.9 Å². The van der Waals surface area contributed by atoms with E-state index in [1.54, 1.807) is 43.4 Å². The number of ether oxygens (including phenoxy) is 2. The van der Waals surface area contributed by atoms with Crippen LogP contribution in [0.25, 0.3) is 22.0 Å². The SMILES string of the molecule is CCc1c(OC)cc(OC)c(Cl)c1-c1cc2cnc(N)cc2c(NCc2cnn(CCO)c2)n1. The van der Waals surface area contributed by atoms with Gasteiger partial charge < -0.3 is 25.6 Å². The highest BCUT2D eigenvalue weighted by Crippen LogP contribution is 2.44. The molecule has 0 radical (unpaired) electrons. The van der Waals surface area contributed by atoms with Gasteiger partial charge in [0.15, 0.2) is 0 Å². The number of benzene rings is 1. The number of nitrogens with two attached hydrogens (primary N) is 1. The van der Waals surface area contributed by atoms with Crippen LogP contribution in [0.2, 0.25) is 5.02 Å². The Morgan fingerprint density at radius 3 is 2.65 bits per heavy atom. The fourth-order valence-corrected chi connectivity index (χ4v) is 4.27. The van der Waals surface area contributed by atoms with Crippen molar-refractivity contribution in [2.45, 2.75) is 26.4 Å². The number of nitrogens with zero attached hydrogens (tertiary/aromatic N) is 4. The van der Waals surface area contributed by atoms with E-state index in [1.807, 2.05) is 19.2 Å². The second-order valence-electron chi connectivity index (χ2n) is 7.68. The lowest BCUT2D eigenvalue weighted by atomic mass is 9.98. The first-order chi connectivity index (χ1) is 16.5. The molecule has 3 heterocycles. The van der Waals surface area contributed by atoms with E-state index in [-0.39, 0.29) is 6.61 Å². The van der Waals surface area contributed by atoms with Crippen molar-refractivity contribution >= 4 is 34.0 Å². The van der Waals surface area contributed by atoms with Crippen LogP contribution in [0.15, 0.2) is 36.8 Å². The number of nitrogens with one attached hydrogen (secondary N) is 1. The van der Waals surface area contributed by atoms with Gasteiger partial charge in [0, 0.05) is 52.5 Å². The molecule has 0 aliphatic heterocycles. The predicted molar refractivity (Wildman–Crippen MR) is 134 cm³/mol. The molecule has 0 saturated heterocycles. The Labute approximate surface area is 202 Å². The van der Waals surface area contributed by atoms with E-state index in [2.05, 4.69) is 15.4 Å². The maximum Gasteiger partial charge on any atom is 0.141 e. The van der Waals surface area contributed by atoms with Crippen LogP contribution < -0.4 is 20.5 Å². The summed E-state index contributed by atoms with van der Waals surface area (Å²) in [7, 11) is 3.19. The number of rotatable bonds is 9. The van der Waals surface area contributed by atoms with Crippen LogP contribution >= 0.6 is 11.6 Å². The number of methoxy groups -OCH3 is 2. The van der Waals surface area contributed by atoms with E-state index >= 15 is 0 Å². The average Bonchev–Trinajstić information content (AvgIpc) is 3.29. The first-order valence-corrected chi connectivity index (χ1v) is 11.2. The van der Waals surface area contributed by atoms with Crippen molar-refractivity contribution in [1.29, 1.82) is 0 Å². The highest BCUT2D eigenvalue weighted by molar-refractivity contribution is 6.35. The smallest absolute Gasteiger partial charge is 0.141 e. The molecule has 3 aromatic heterocycles. The summed E-state index contributed by atoms with van der Waals surface area (Å²) >= 11 is 6.78. The van der Waals surface area contributed by atoms with Crippen molar-refractivity contribution in [3.8, 4) is 22.8 Å². The number of aliphatic hydroxyl groups is 1. The molecule has 9 nitrogen and oxygen atoms in total. The molecule has 4 N–H and O–H groups in total. The number of hydrogen-bond acceptors (Lipinski definition) is 8. The van der Waals surface area contributed by atoms with Crippen LogP contribution in [0.4, 0.5) is 11.6 Å². The fraction of sp³-hybridized carbons (Fsp3) is 0.292. The Balaban J connectivity index is 1.84. The van der Waals surface area contributed by atoms with Gasteiger partial charge in [0.25, 0.3) is 0 Å². The number of fused-ring (bicyclic) bond motifs is 1. The Hall–Kier alpha value is -3.56. The number of aliphatic hydroxyl groups excluding tert-OH is 1. The minimum Gasteiger partial charge on any atom is -0.496 e. The number of halogens is 1. The third-order valence-corrected chi connectivity index (χ3v) is 5.93. The molecule has 1 aromatic carbocycles. The summed E-state index contributed by atoms with van der Waals surface area (Å²) in [6, 6.07) is 5.51. The van der Waals surface area contributed by atoms with E-state index in [0.717, 1.165) is 27.5 Å². The molecule has 0 bridgehead atoms. The maximum atomic E-state index is 9.13. The minimum atomic E-state index is 0.0274. The molecule has 0 aliphatic carbocycles. The number of nitrogen functional groups attached to an aromatic ring is 1. The van der Waals surface area contributed by atoms with Gasteiger partial charge in [-0.25, -0.2) is 9.97 Å². The molecule has 0 fully saturated rings. The van der Waals surface area contributed by atoms with Crippen LogP contribution in [0.1, 0.15) is 18.1 Å². The second kappa shape index (κ2) is 10.1. The Kier molecular flexibility index (Phi) is 7.04. The van der Waals surface area contributed by atoms with Gasteiger partial charge in [-0.2, -0.15) is 5.10 Å². The molecule has 4 aromatic rings. The van der Waals surface area contributed by atoms with E-state index < -0.39 is 0 Å². The molecule has 0 spiro atoms. The summed E-state index contributed by atoms with van der Waals surface area (Å²) in [5, 5.41) is 18.9. The molecule has 0 unspecified atom stereocenters. The van der Waals surface area contributed by atoms with Crippen molar-refractivity contribution in [2.24, 2.45) is 0 Å². The van der Waals surface area contributed by atoms with Gasteiger partial charge in [-0.05, 0) is 18.6 Å². The molecule has 0 amide bonds. The number of anilines is 2. The zero-order valence-corrected chi connectivity index (χ0v) is 20.1. The highest BCUT2D eigenvalue weighted by atomic mass is 35.5. The molecule has 34 heavy (non-hydrogen) atoms. The number of aromatic nitrogens is 4. The quantitative estimate of drug-likeness (QED) is 0.328. The molecule has 0 saturated carbocycles. The van der Waals surface area contributed by atoms with Gasteiger partial charge in [-0.1, -0.05) is 18.5 Å². The highest BCUT2D eigenvalue weighted by Gasteiger charge is 2.21. The van der Waals surface area contributed by atoms with Crippen LogP contribution in [-0.2, 0) is 19.5 Å². The van der Waals surface area contributed by atoms with Crippen molar-refractivity contribution < 1.29 is 14.6 Å². The molecule has 10 heteroatoms. The third-order valence-electron chi connectivity index (χ3n) is 5.56. The van der Waals surface area contributed by atoms with E-state index in [9.17, 15) is 0 Å². The van der Waals surface area contributed by atoms with Crippen molar-refractivity contribution in [3.63, 3.8) is 0 Å². The van der Waals surface area contributed by atoms with Gasteiger partial charge in [0.1, 0.15) is 23.1 Å². The van der Waals surface area contributed by atoms with Crippen LogP contribution in [-0.4, -0.2) is 45.7 Å². The first kappa shape index (κ1) is 23.6. The lowest BCUT2D eigenvalue weighted by Crippen LogP contribution is -2.05. The van der Waals surface area contributed by atoms with Crippen molar-refractivity contribution in [1.82, 2.24) is 19.7 Å². The Morgan fingerprint density at radius 2 is 1.94 bits per heavy atom. The summed E-state index contributed by atoms with van der Waals surface area (Å²) in [6.07, 6.45) is 6.04. The monoisotopic (exact) mass is 482 g/mol. The minimum absolute atomic E-state index is 0.0274. The molecular weight excluding hydrogens is 456 g/mol. The zero-order valence-electron chi connectivity index (χ0n) is 19.3. The molecule has 178 valence electrons. The van der Waals surface area contributed by atoms with Gasteiger partial charge in [0.2, 0.25) is 0 Å². The summed E-state index contributed by atoms with van der Waals surface area (Å²) in [6.45, 7) is 2.99. The predicted octanol–water partition coefficient (Wildman–Crippen LogP) is 3.91. The van der Waals surface area contributed by atoms with Gasteiger partial charge in [0.05, 0.1) is 44.3 Å². The standard InChI is InChI=1S/C24H27ClN6O3/c1-4-16-19(33-2)9-20(34-3)23(25)22(16)18-7-15-12-27-21(26)8-17(15)24(30-18)28-10-14-11-29-31(13-14)5-6-32/h7-9,11-13,32H,4-6,10H2,1-3H3,(H2,26,27)(H,28,30). The van der Waals surface area contributed by atoms with Gasteiger partial charge >= 0.3 is 0 Å². The lowest BCUT2D eigenvalue weighted by molar-refractivity contribution is 0.269. The van der Waals surface area contributed by atoms with E-state index in [1.165, 1.54) is 0 Å². The van der Waals surface area contributed by atoms with Gasteiger partial charge in [-0.15, -0.1) is 0 Å².